The predicted octanol–water partition coefficient (Wildman–Crippen LogP) is 3.19. The first-order valence-corrected chi connectivity index (χ1v) is 8.74. The lowest BCUT2D eigenvalue weighted by molar-refractivity contribution is 0.0946. The molecule has 0 aliphatic heterocycles. The van der Waals surface area contributed by atoms with Crippen molar-refractivity contribution in [3.63, 3.8) is 0 Å². The molecule has 1 aromatic heterocycles. The molecule has 0 spiro atoms. The van der Waals surface area contributed by atoms with E-state index in [9.17, 15) is 4.79 Å². The van der Waals surface area contributed by atoms with Crippen molar-refractivity contribution in [1.29, 1.82) is 0 Å². The topological polar surface area (TPSA) is 79.9 Å². The van der Waals surface area contributed by atoms with Crippen molar-refractivity contribution in [2.75, 3.05) is 6.61 Å². The molecule has 132 valence electrons. The van der Waals surface area contributed by atoms with E-state index in [1.54, 1.807) is 6.07 Å². The highest BCUT2D eigenvalue weighted by Crippen LogP contribution is 2.30. The van der Waals surface area contributed by atoms with E-state index >= 15 is 0 Å². The largest absolute Gasteiger partial charge is 0.492 e. The second kappa shape index (κ2) is 7.39. The summed E-state index contributed by atoms with van der Waals surface area (Å²) in [4.78, 5) is 16.7. The molecule has 1 heterocycles. The van der Waals surface area contributed by atoms with Gasteiger partial charge in [0.1, 0.15) is 12.1 Å². The number of aromatic nitrogens is 3. The van der Waals surface area contributed by atoms with Crippen LogP contribution in [0.3, 0.4) is 0 Å². The minimum Gasteiger partial charge on any atom is -0.492 e. The van der Waals surface area contributed by atoms with Gasteiger partial charge < -0.3 is 10.1 Å². The van der Waals surface area contributed by atoms with Crippen LogP contribution in [0.1, 0.15) is 28.8 Å². The molecule has 2 N–H and O–H groups in total. The van der Waals surface area contributed by atoms with Gasteiger partial charge >= 0.3 is 0 Å². The van der Waals surface area contributed by atoms with Crippen LogP contribution in [0.2, 0.25) is 0 Å². The van der Waals surface area contributed by atoms with Crippen molar-refractivity contribution >= 4 is 5.91 Å². The molecule has 1 aliphatic carbocycles. The minimum absolute atomic E-state index is 0.138. The number of aromatic amines is 1. The van der Waals surface area contributed by atoms with Gasteiger partial charge in [0.05, 0.1) is 12.2 Å². The lowest BCUT2D eigenvalue weighted by atomic mass is 10.1. The Kier molecular flexibility index (Phi) is 4.64. The van der Waals surface area contributed by atoms with Gasteiger partial charge in [-0.05, 0) is 42.5 Å². The molecule has 0 saturated heterocycles. The van der Waals surface area contributed by atoms with Gasteiger partial charge in [-0.25, -0.2) is 4.98 Å². The van der Waals surface area contributed by atoms with E-state index in [1.807, 2.05) is 42.5 Å². The lowest BCUT2D eigenvalue weighted by Crippen LogP contribution is -2.23. The number of benzene rings is 2. The summed E-state index contributed by atoms with van der Waals surface area (Å²) in [6.45, 7) is 1.11. The molecule has 0 unspecified atom stereocenters. The summed E-state index contributed by atoms with van der Waals surface area (Å²) in [5.41, 5.74) is 2.49. The second-order valence-electron chi connectivity index (χ2n) is 6.47. The summed E-state index contributed by atoms with van der Waals surface area (Å²) in [7, 11) is 0. The van der Waals surface area contributed by atoms with Gasteiger partial charge in [-0.15, -0.1) is 0 Å². The van der Waals surface area contributed by atoms with Gasteiger partial charge in [0.2, 0.25) is 0 Å². The molecule has 6 heteroatoms. The summed E-state index contributed by atoms with van der Waals surface area (Å²) in [5, 5.41) is 9.67. The zero-order valence-electron chi connectivity index (χ0n) is 14.3. The fraction of sp³-hybridized carbons (Fsp3) is 0.250. The van der Waals surface area contributed by atoms with Crippen LogP contribution in [0, 0.1) is 5.92 Å². The molecule has 0 atom stereocenters. The summed E-state index contributed by atoms with van der Waals surface area (Å²) >= 11 is 0. The number of hydrogen-bond donors (Lipinski definition) is 2. The van der Waals surface area contributed by atoms with Crippen LogP contribution >= 0.6 is 0 Å². The number of hydrogen-bond acceptors (Lipinski definition) is 4. The molecule has 1 fully saturated rings. The monoisotopic (exact) mass is 348 g/mol. The molecule has 26 heavy (non-hydrogen) atoms. The molecule has 0 radical (unpaired) electrons. The number of H-pyrrole nitrogens is 1. The fourth-order valence-electron chi connectivity index (χ4n) is 2.72. The first-order chi connectivity index (χ1) is 12.8. The van der Waals surface area contributed by atoms with Crippen molar-refractivity contribution in [3.8, 4) is 17.1 Å². The highest BCUT2D eigenvalue weighted by Gasteiger charge is 2.23. The molecule has 3 aromatic rings. The number of carbonyl (C=O) groups excluding carboxylic acids is 1. The van der Waals surface area contributed by atoms with Gasteiger partial charge in [0.25, 0.3) is 5.91 Å². The van der Waals surface area contributed by atoms with E-state index in [4.69, 9.17) is 4.74 Å². The third-order valence-electron chi connectivity index (χ3n) is 4.37. The van der Waals surface area contributed by atoms with Gasteiger partial charge in [-0.2, -0.15) is 5.10 Å². The third-order valence-corrected chi connectivity index (χ3v) is 4.37. The maximum atomic E-state index is 12.6. The second-order valence-corrected chi connectivity index (χ2v) is 6.47. The van der Waals surface area contributed by atoms with E-state index in [0.29, 0.717) is 36.2 Å². The van der Waals surface area contributed by atoms with Crippen LogP contribution < -0.4 is 10.1 Å². The first kappa shape index (κ1) is 16.3. The average molecular weight is 348 g/mol. The Bertz CT molecular complexity index is 888. The normalized spacial score (nSPS) is 13.4. The van der Waals surface area contributed by atoms with Crippen molar-refractivity contribution < 1.29 is 9.53 Å². The van der Waals surface area contributed by atoms with Crippen LogP contribution in [0.25, 0.3) is 11.4 Å². The molecule has 2 aromatic carbocycles. The summed E-state index contributed by atoms with van der Waals surface area (Å²) in [6, 6.07) is 15.2. The average Bonchev–Trinajstić information content (AvgIpc) is 3.35. The molecule has 1 amide bonds. The molecular formula is C20H20N4O2. The maximum Gasteiger partial charge on any atom is 0.255 e. The quantitative estimate of drug-likeness (QED) is 0.687. The highest BCUT2D eigenvalue weighted by molar-refractivity contribution is 5.96. The Morgan fingerprint density at radius 2 is 2.08 bits per heavy atom. The Morgan fingerprint density at radius 1 is 1.19 bits per heavy atom. The zero-order chi connectivity index (χ0) is 17.8. The van der Waals surface area contributed by atoms with Crippen molar-refractivity contribution in [2.24, 2.45) is 5.92 Å². The SMILES string of the molecule is O=C(NCc1cccc(-c2ncn[nH]2)c1)c1ccccc1OCC1CC1. The highest BCUT2D eigenvalue weighted by atomic mass is 16.5. The van der Waals surface area contributed by atoms with Gasteiger partial charge in [-0.1, -0.05) is 30.3 Å². The van der Waals surface area contributed by atoms with Crippen LogP contribution in [-0.2, 0) is 6.54 Å². The third kappa shape index (κ3) is 3.91. The number of ether oxygens (including phenoxy) is 1. The Labute approximate surface area is 151 Å². The molecule has 1 saturated carbocycles. The van der Waals surface area contributed by atoms with Crippen molar-refractivity contribution in [1.82, 2.24) is 20.5 Å². The van der Waals surface area contributed by atoms with E-state index in [1.165, 1.54) is 19.2 Å². The number of rotatable bonds is 7. The Balaban J connectivity index is 1.42. The number of para-hydroxylation sites is 1. The smallest absolute Gasteiger partial charge is 0.255 e. The molecular weight excluding hydrogens is 328 g/mol. The zero-order valence-corrected chi connectivity index (χ0v) is 14.3. The molecule has 0 bridgehead atoms. The summed E-state index contributed by atoms with van der Waals surface area (Å²) < 4.78 is 5.82. The van der Waals surface area contributed by atoms with Gasteiger partial charge in [-0.3, -0.25) is 9.89 Å². The summed E-state index contributed by atoms with van der Waals surface area (Å²) in [5.74, 6) is 1.86. The maximum absolute atomic E-state index is 12.6. The minimum atomic E-state index is -0.138. The first-order valence-electron chi connectivity index (χ1n) is 8.74. The van der Waals surface area contributed by atoms with Crippen LogP contribution in [0.5, 0.6) is 5.75 Å². The standard InChI is InChI=1S/C20H20N4O2/c25-20(17-6-1-2-7-18(17)26-12-14-8-9-14)21-11-15-4-3-5-16(10-15)19-22-13-23-24-19/h1-7,10,13-14H,8-9,11-12H2,(H,21,25)(H,22,23,24). The van der Waals surface area contributed by atoms with E-state index < -0.39 is 0 Å². The predicted molar refractivity (Wildman–Crippen MR) is 97.6 cm³/mol. The number of nitrogens with one attached hydrogen (secondary N) is 2. The van der Waals surface area contributed by atoms with Gasteiger partial charge in [0.15, 0.2) is 5.82 Å². The van der Waals surface area contributed by atoms with Crippen LogP contribution in [-0.4, -0.2) is 27.7 Å². The summed E-state index contributed by atoms with van der Waals surface area (Å²) in [6.07, 6.45) is 3.91. The van der Waals surface area contributed by atoms with Crippen LogP contribution in [0.4, 0.5) is 0 Å². The van der Waals surface area contributed by atoms with Crippen LogP contribution in [0.15, 0.2) is 54.9 Å². The lowest BCUT2D eigenvalue weighted by Gasteiger charge is -2.11. The number of amides is 1. The van der Waals surface area contributed by atoms with E-state index in [2.05, 4.69) is 20.5 Å². The Morgan fingerprint density at radius 3 is 2.88 bits per heavy atom. The van der Waals surface area contributed by atoms with Crippen molar-refractivity contribution in [2.45, 2.75) is 19.4 Å². The Hall–Kier alpha value is -3.15. The number of carbonyl (C=O) groups is 1. The molecule has 1 aliphatic rings. The molecule has 6 nitrogen and oxygen atoms in total. The van der Waals surface area contributed by atoms with E-state index in [-0.39, 0.29) is 5.91 Å². The molecule has 4 rings (SSSR count). The van der Waals surface area contributed by atoms with Gasteiger partial charge in [0, 0.05) is 12.1 Å². The van der Waals surface area contributed by atoms with Crippen molar-refractivity contribution in [3.05, 3.63) is 66.0 Å². The number of nitrogens with zero attached hydrogens (tertiary/aromatic N) is 2. The van der Waals surface area contributed by atoms with E-state index in [0.717, 1.165) is 11.1 Å². The fourth-order valence-corrected chi connectivity index (χ4v) is 2.72.